The molecule has 0 aliphatic carbocycles. The zero-order chi connectivity index (χ0) is 20.2. The number of nitrogens with zero attached hydrogens (tertiary/aromatic N) is 7. The van der Waals surface area contributed by atoms with Gasteiger partial charge in [-0.05, 0) is 43.2 Å². The van der Waals surface area contributed by atoms with Gasteiger partial charge in [0.25, 0.3) is 0 Å². The van der Waals surface area contributed by atoms with Gasteiger partial charge in [0, 0.05) is 24.0 Å². The van der Waals surface area contributed by atoms with E-state index in [0.29, 0.717) is 48.0 Å². The number of hydrogen-bond donors (Lipinski definition) is 1. The van der Waals surface area contributed by atoms with Crippen LogP contribution in [0.25, 0.3) is 5.82 Å². The Morgan fingerprint density at radius 2 is 1.93 bits per heavy atom. The summed E-state index contributed by atoms with van der Waals surface area (Å²) in [5.41, 5.74) is 0.838. The van der Waals surface area contributed by atoms with E-state index < -0.39 is 0 Å². The van der Waals surface area contributed by atoms with Crippen LogP contribution in [0.2, 0.25) is 5.02 Å². The van der Waals surface area contributed by atoms with Gasteiger partial charge >= 0.3 is 0 Å². The van der Waals surface area contributed by atoms with E-state index in [9.17, 15) is 10.1 Å². The normalized spacial score (nSPS) is 14.4. The quantitative estimate of drug-likeness (QED) is 0.705. The summed E-state index contributed by atoms with van der Waals surface area (Å²) < 4.78 is 1.54. The summed E-state index contributed by atoms with van der Waals surface area (Å²) in [5, 5.41) is 25.0. The molecule has 10 heteroatoms. The molecule has 2 aromatic heterocycles. The van der Waals surface area contributed by atoms with Crippen LogP contribution in [0.3, 0.4) is 0 Å². The summed E-state index contributed by atoms with van der Waals surface area (Å²) >= 11 is 5.98. The van der Waals surface area contributed by atoms with Crippen LogP contribution in [-0.2, 0) is 4.79 Å². The lowest BCUT2D eigenvalue weighted by molar-refractivity contribution is -0.120. The molecule has 1 aromatic carbocycles. The van der Waals surface area contributed by atoms with E-state index in [2.05, 4.69) is 36.6 Å². The molecule has 3 aromatic rings. The monoisotopic (exact) mass is 408 g/mol. The maximum Gasteiger partial charge on any atom is 0.227 e. The molecule has 1 amide bonds. The molecular weight excluding hydrogens is 392 g/mol. The summed E-state index contributed by atoms with van der Waals surface area (Å²) in [4.78, 5) is 18.6. The third-order valence-electron chi connectivity index (χ3n) is 4.84. The van der Waals surface area contributed by atoms with Crippen molar-refractivity contribution in [3.05, 3.63) is 53.6 Å². The van der Waals surface area contributed by atoms with Gasteiger partial charge in [-0.2, -0.15) is 10.4 Å². The Morgan fingerprint density at radius 1 is 1.17 bits per heavy atom. The number of benzene rings is 1. The first-order valence-corrected chi connectivity index (χ1v) is 9.46. The number of anilines is 2. The van der Waals surface area contributed by atoms with E-state index in [1.54, 1.807) is 29.2 Å². The van der Waals surface area contributed by atoms with Gasteiger partial charge < -0.3 is 10.2 Å². The minimum atomic E-state index is -0.140. The number of carbonyl (C=O) groups is 1. The standard InChI is InChI=1S/C19H17ClN8O/c20-15-2-1-14(10-21)16(9-15)24-19(29)13-5-7-27(8-6-13)17-3-4-18(26-25-17)28-12-22-11-23-28/h1-4,9,11-13H,5-8H2,(H,24,29). The lowest BCUT2D eigenvalue weighted by atomic mass is 9.95. The summed E-state index contributed by atoms with van der Waals surface area (Å²) in [6, 6.07) is 10.6. The Hall–Kier alpha value is -3.51. The fourth-order valence-corrected chi connectivity index (χ4v) is 3.43. The van der Waals surface area contributed by atoms with Crippen molar-refractivity contribution in [3.63, 3.8) is 0 Å². The first-order chi connectivity index (χ1) is 14.1. The second-order valence-corrected chi connectivity index (χ2v) is 7.08. The number of halogens is 1. The molecule has 0 radical (unpaired) electrons. The maximum absolute atomic E-state index is 12.6. The first-order valence-electron chi connectivity index (χ1n) is 9.08. The zero-order valence-corrected chi connectivity index (χ0v) is 16.1. The predicted octanol–water partition coefficient (Wildman–Crippen LogP) is 2.44. The van der Waals surface area contributed by atoms with Crippen molar-refractivity contribution in [2.45, 2.75) is 12.8 Å². The third-order valence-corrected chi connectivity index (χ3v) is 5.07. The van der Waals surface area contributed by atoms with E-state index in [0.717, 1.165) is 5.82 Å². The highest BCUT2D eigenvalue weighted by molar-refractivity contribution is 6.31. The summed E-state index contributed by atoms with van der Waals surface area (Å²) in [6.45, 7) is 1.38. The Bertz CT molecular complexity index is 1040. The number of nitriles is 1. The molecule has 4 rings (SSSR count). The molecule has 146 valence electrons. The molecule has 1 saturated heterocycles. The average molecular weight is 409 g/mol. The van der Waals surface area contributed by atoms with Crippen molar-refractivity contribution >= 4 is 29.0 Å². The van der Waals surface area contributed by atoms with Crippen molar-refractivity contribution in [2.75, 3.05) is 23.3 Å². The summed E-state index contributed by atoms with van der Waals surface area (Å²) in [6.07, 6.45) is 4.36. The highest BCUT2D eigenvalue weighted by atomic mass is 35.5. The lowest BCUT2D eigenvalue weighted by Gasteiger charge is -2.31. The molecule has 29 heavy (non-hydrogen) atoms. The van der Waals surface area contributed by atoms with Crippen LogP contribution in [0, 0.1) is 17.2 Å². The van der Waals surface area contributed by atoms with Gasteiger partial charge in [0.15, 0.2) is 11.6 Å². The lowest BCUT2D eigenvalue weighted by Crippen LogP contribution is -2.38. The van der Waals surface area contributed by atoms with Crippen molar-refractivity contribution in [1.29, 1.82) is 5.26 Å². The second-order valence-electron chi connectivity index (χ2n) is 6.64. The average Bonchev–Trinajstić information content (AvgIpc) is 3.29. The smallest absolute Gasteiger partial charge is 0.227 e. The van der Waals surface area contributed by atoms with Crippen molar-refractivity contribution in [1.82, 2.24) is 25.0 Å². The van der Waals surface area contributed by atoms with Crippen LogP contribution in [0.15, 0.2) is 43.0 Å². The molecule has 0 saturated carbocycles. The third kappa shape index (κ3) is 4.17. The van der Waals surface area contributed by atoms with Gasteiger partial charge in [-0.1, -0.05) is 11.6 Å². The SMILES string of the molecule is N#Cc1ccc(Cl)cc1NC(=O)C1CCN(c2ccc(-n3cncn3)nn2)CC1. The predicted molar refractivity (Wildman–Crippen MR) is 107 cm³/mol. The summed E-state index contributed by atoms with van der Waals surface area (Å²) in [7, 11) is 0. The van der Waals surface area contributed by atoms with Crippen molar-refractivity contribution in [2.24, 2.45) is 5.92 Å². The minimum absolute atomic E-state index is 0.101. The Kier molecular flexibility index (Phi) is 5.35. The van der Waals surface area contributed by atoms with Gasteiger partial charge in [0.2, 0.25) is 5.91 Å². The molecule has 1 fully saturated rings. The summed E-state index contributed by atoms with van der Waals surface area (Å²) in [5.74, 6) is 1.11. The van der Waals surface area contributed by atoms with Crippen LogP contribution < -0.4 is 10.2 Å². The zero-order valence-electron chi connectivity index (χ0n) is 15.4. The van der Waals surface area contributed by atoms with Gasteiger partial charge in [-0.25, -0.2) is 9.67 Å². The van der Waals surface area contributed by atoms with Gasteiger partial charge in [0.1, 0.15) is 18.7 Å². The maximum atomic E-state index is 12.6. The van der Waals surface area contributed by atoms with Crippen molar-refractivity contribution < 1.29 is 4.79 Å². The van der Waals surface area contributed by atoms with Gasteiger partial charge in [-0.3, -0.25) is 4.79 Å². The van der Waals surface area contributed by atoms with E-state index in [-0.39, 0.29) is 11.8 Å². The molecular formula is C19H17ClN8O. The molecule has 0 spiro atoms. The number of nitrogens with one attached hydrogen (secondary N) is 1. The Morgan fingerprint density at radius 3 is 2.59 bits per heavy atom. The second kappa shape index (κ2) is 8.24. The van der Waals surface area contributed by atoms with E-state index in [1.807, 2.05) is 12.1 Å². The molecule has 0 bridgehead atoms. The molecule has 0 atom stereocenters. The Balaban J connectivity index is 1.36. The van der Waals surface area contributed by atoms with Gasteiger partial charge in [0.05, 0.1) is 11.3 Å². The van der Waals surface area contributed by atoms with E-state index in [1.165, 1.54) is 6.33 Å². The highest BCUT2D eigenvalue weighted by Gasteiger charge is 2.26. The van der Waals surface area contributed by atoms with Crippen LogP contribution >= 0.6 is 11.6 Å². The van der Waals surface area contributed by atoms with Crippen LogP contribution in [0.4, 0.5) is 11.5 Å². The molecule has 9 nitrogen and oxygen atoms in total. The number of rotatable bonds is 4. The number of hydrogen-bond acceptors (Lipinski definition) is 7. The highest BCUT2D eigenvalue weighted by Crippen LogP contribution is 2.25. The number of aromatic nitrogens is 5. The largest absolute Gasteiger partial charge is 0.355 e. The molecule has 0 unspecified atom stereocenters. The fraction of sp³-hybridized carbons (Fsp3) is 0.263. The van der Waals surface area contributed by atoms with Crippen LogP contribution in [0.5, 0.6) is 0 Å². The number of carbonyl (C=O) groups excluding carboxylic acids is 1. The molecule has 1 N–H and O–H groups in total. The molecule has 3 heterocycles. The topological polar surface area (TPSA) is 113 Å². The van der Waals surface area contributed by atoms with Crippen LogP contribution in [-0.4, -0.2) is 44.0 Å². The first kappa shape index (κ1) is 18.8. The van der Waals surface area contributed by atoms with Crippen LogP contribution in [0.1, 0.15) is 18.4 Å². The number of amides is 1. The molecule has 1 aliphatic rings. The fourth-order valence-electron chi connectivity index (χ4n) is 3.26. The molecule has 1 aliphatic heterocycles. The van der Waals surface area contributed by atoms with E-state index in [4.69, 9.17) is 11.6 Å². The van der Waals surface area contributed by atoms with Crippen molar-refractivity contribution in [3.8, 4) is 11.9 Å². The van der Waals surface area contributed by atoms with E-state index >= 15 is 0 Å². The minimum Gasteiger partial charge on any atom is -0.355 e. The Labute approximate surface area is 171 Å². The van der Waals surface area contributed by atoms with Gasteiger partial charge in [-0.15, -0.1) is 10.2 Å². The number of piperidine rings is 1.